The monoisotopic (exact) mass is 332 g/mol. The van der Waals surface area contributed by atoms with Crippen LogP contribution >= 0.6 is 0 Å². The van der Waals surface area contributed by atoms with Gasteiger partial charge in [0.1, 0.15) is 23.9 Å². The largest absolute Gasteiger partial charge is 0.455 e. The molecule has 9 nitrogen and oxygen atoms in total. The van der Waals surface area contributed by atoms with E-state index in [1.165, 1.54) is 17.8 Å². The van der Waals surface area contributed by atoms with Crippen LogP contribution in [0.3, 0.4) is 0 Å². The lowest BCUT2D eigenvalue weighted by Crippen LogP contribution is -2.48. The molecule has 3 heterocycles. The molecule has 0 aliphatic carbocycles. The normalized spacial score (nSPS) is 29.5. The van der Waals surface area contributed by atoms with E-state index in [4.69, 9.17) is 21.6 Å². The van der Waals surface area contributed by atoms with E-state index in [0.717, 1.165) is 0 Å². The molecule has 0 saturated carbocycles. The summed E-state index contributed by atoms with van der Waals surface area (Å²) in [5.41, 5.74) is 4.19. The van der Waals surface area contributed by atoms with Crippen LogP contribution in [0.2, 0.25) is 0 Å². The van der Waals surface area contributed by atoms with Gasteiger partial charge < -0.3 is 30.0 Å². The van der Waals surface area contributed by atoms with Crippen molar-refractivity contribution >= 4 is 22.8 Å². The molecule has 4 N–H and O–H groups in total. The van der Waals surface area contributed by atoms with Gasteiger partial charge in [-0.3, -0.25) is 4.79 Å². The number of terminal acetylenes is 1. The molecule has 4 unspecified atom stereocenters. The molecule has 9 heteroatoms. The zero-order valence-electron chi connectivity index (χ0n) is 12.8. The van der Waals surface area contributed by atoms with Gasteiger partial charge in [0.05, 0.1) is 12.0 Å². The first-order valence-electron chi connectivity index (χ1n) is 7.13. The fraction of sp³-hybridized carbons (Fsp3) is 0.400. The summed E-state index contributed by atoms with van der Waals surface area (Å²) in [4.78, 5) is 19.3. The quantitative estimate of drug-likeness (QED) is 0.491. The number of anilines is 1. The molecule has 0 radical (unpaired) electrons. The molecule has 0 bridgehead atoms. The van der Waals surface area contributed by atoms with Crippen molar-refractivity contribution in [2.45, 2.75) is 31.0 Å². The molecule has 1 saturated heterocycles. The number of carbonyl (C=O) groups is 1. The van der Waals surface area contributed by atoms with Crippen molar-refractivity contribution in [2.24, 2.45) is 0 Å². The second-order valence-electron chi connectivity index (χ2n) is 5.43. The van der Waals surface area contributed by atoms with Gasteiger partial charge in [0, 0.05) is 13.1 Å². The Hall–Kier alpha value is -2.67. The van der Waals surface area contributed by atoms with Crippen molar-refractivity contribution in [1.29, 1.82) is 0 Å². The maximum atomic E-state index is 11.3. The number of rotatable bonds is 3. The van der Waals surface area contributed by atoms with Crippen molar-refractivity contribution in [3.63, 3.8) is 0 Å². The molecule has 2 aromatic rings. The Bertz CT molecular complexity index is 829. The van der Waals surface area contributed by atoms with Crippen LogP contribution in [0.1, 0.15) is 13.2 Å². The molecule has 0 aromatic carbocycles. The lowest BCUT2D eigenvalue weighted by atomic mass is 9.94. The third-order valence-electron chi connectivity index (χ3n) is 3.95. The number of carbonyl (C=O) groups excluding carboxylic acids is 1. The molecule has 1 aliphatic heterocycles. The number of nitrogens with two attached hydrogens (primary N) is 1. The third kappa shape index (κ3) is 2.28. The summed E-state index contributed by atoms with van der Waals surface area (Å²) in [5, 5.41) is 21.0. The van der Waals surface area contributed by atoms with Crippen molar-refractivity contribution < 1.29 is 24.5 Å². The maximum absolute atomic E-state index is 11.3. The second kappa shape index (κ2) is 5.76. The minimum atomic E-state index is -2.00. The number of aromatic nitrogens is 3. The lowest BCUT2D eigenvalue weighted by Gasteiger charge is -2.28. The van der Waals surface area contributed by atoms with Crippen molar-refractivity contribution in [3.05, 3.63) is 18.6 Å². The standard InChI is InChI=1S/C15H16N4O5/c1-3-15(22)11(23-8(2)21)10(6-20)24-14(15)19-5-4-9-12(16)17-7-18-13(9)19/h1,4-5,7,10-11,14,20,22H,6H2,2H3,(H2,16,17,18). The predicted octanol–water partition coefficient (Wildman–Crippen LogP) is -0.801. The molecular formula is C15H16N4O5. The molecule has 0 spiro atoms. The molecule has 126 valence electrons. The van der Waals surface area contributed by atoms with Gasteiger partial charge in [-0.1, -0.05) is 5.92 Å². The Kier molecular flexibility index (Phi) is 3.88. The van der Waals surface area contributed by atoms with Crippen LogP contribution in [-0.4, -0.2) is 55.1 Å². The molecule has 1 fully saturated rings. The smallest absolute Gasteiger partial charge is 0.303 e. The number of aliphatic hydroxyl groups is 2. The number of fused-ring (bicyclic) bond motifs is 1. The summed E-state index contributed by atoms with van der Waals surface area (Å²) in [7, 11) is 0. The SMILES string of the molecule is C#CC1(O)C(OC(C)=O)C(CO)OC1n1ccc2c(N)ncnc21. The highest BCUT2D eigenvalue weighted by atomic mass is 16.6. The molecule has 4 atom stereocenters. The van der Waals surface area contributed by atoms with Crippen LogP contribution in [0.4, 0.5) is 5.82 Å². The van der Waals surface area contributed by atoms with E-state index in [2.05, 4.69) is 15.9 Å². The van der Waals surface area contributed by atoms with Gasteiger partial charge in [0.15, 0.2) is 12.3 Å². The topological polar surface area (TPSA) is 133 Å². The molecule has 2 aromatic heterocycles. The number of hydrogen-bond donors (Lipinski definition) is 3. The van der Waals surface area contributed by atoms with Crippen molar-refractivity contribution in [1.82, 2.24) is 14.5 Å². The van der Waals surface area contributed by atoms with Gasteiger partial charge in [-0.05, 0) is 6.07 Å². The highest BCUT2D eigenvalue weighted by molar-refractivity contribution is 5.86. The lowest BCUT2D eigenvalue weighted by molar-refractivity contribution is -0.157. The molecule has 1 aliphatic rings. The number of hydrogen-bond acceptors (Lipinski definition) is 8. The fourth-order valence-electron chi connectivity index (χ4n) is 2.86. The molecule has 0 amide bonds. The van der Waals surface area contributed by atoms with E-state index in [1.807, 2.05) is 0 Å². The Balaban J connectivity index is 2.11. The summed E-state index contributed by atoms with van der Waals surface area (Å²) < 4.78 is 12.2. The van der Waals surface area contributed by atoms with Gasteiger partial charge in [-0.25, -0.2) is 9.97 Å². The Morgan fingerprint density at radius 3 is 3.00 bits per heavy atom. The van der Waals surface area contributed by atoms with Crippen LogP contribution in [0.5, 0.6) is 0 Å². The average Bonchev–Trinajstić information content (AvgIpc) is 3.09. The number of esters is 1. The predicted molar refractivity (Wildman–Crippen MR) is 82.3 cm³/mol. The summed E-state index contributed by atoms with van der Waals surface area (Å²) in [6, 6.07) is 1.65. The van der Waals surface area contributed by atoms with Gasteiger partial charge in [0.2, 0.25) is 5.60 Å². The van der Waals surface area contributed by atoms with E-state index >= 15 is 0 Å². The first kappa shape index (κ1) is 16.2. The zero-order valence-corrected chi connectivity index (χ0v) is 12.8. The molecule has 24 heavy (non-hydrogen) atoms. The highest BCUT2D eigenvalue weighted by Gasteiger charge is 2.58. The van der Waals surface area contributed by atoms with E-state index in [1.54, 1.807) is 12.3 Å². The van der Waals surface area contributed by atoms with Crippen LogP contribution in [0.15, 0.2) is 18.6 Å². The van der Waals surface area contributed by atoms with Crippen LogP contribution < -0.4 is 5.73 Å². The van der Waals surface area contributed by atoms with Crippen molar-refractivity contribution in [2.75, 3.05) is 12.3 Å². The van der Waals surface area contributed by atoms with Crippen LogP contribution in [-0.2, 0) is 14.3 Å². The molecular weight excluding hydrogens is 316 g/mol. The fourth-order valence-corrected chi connectivity index (χ4v) is 2.86. The van der Waals surface area contributed by atoms with Crippen molar-refractivity contribution in [3.8, 4) is 12.3 Å². The number of nitrogens with zero attached hydrogens (tertiary/aromatic N) is 3. The molecule has 3 rings (SSSR count). The first-order valence-corrected chi connectivity index (χ1v) is 7.13. The number of ether oxygens (including phenoxy) is 2. The highest BCUT2D eigenvalue weighted by Crippen LogP contribution is 2.41. The van der Waals surface area contributed by atoms with Gasteiger partial charge in [-0.15, -0.1) is 6.42 Å². The second-order valence-corrected chi connectivity index (χ2v) is 5.43. The number of nitrogen functional groups attached to an aromatic ring is 1. The van der Waals surface area contributed by atoms with E-state index < -0.39 is 36.6 Å². The Morgan fingerprint density at radius 1 is 1.62 bits per heavy atom. The van der Waals surface area contributed by atoms with Crippen LogP contribution in [0, 0.1) is 12.3 Å². The summed E-state index contributed by atoms with van der Waals surface area (Å²) in [6.45, 7) is 0.687. The third-order valence-corrected chi connectivity index (χ3v) is 3.95. The van der Waals surface area contributed by atoms with Gasteiger partial charge in [0.25, 0.3) is 0 Å². The average molecular weight is 332 g/mol. The van der Waals surface area contributed by atoms with E-state index in [9.17, 15) is 15.0 Å². The Labute approximate surface area is 137 Å². The number of aliphatic hydroxyl groups excluding tert-OH is 1. The summed E-state index contributed by atoms with van der Waals surface area (Å²) in [5.74, 6) is 1.83. The zero-order chi connectivity index (χ0) is 17.5. The van der Waals surface area contributed by atoms with E-state index in [0.29, 0.717) is 11.0 Å². The summed E-state index contributed by atoms with van der Waals surface area (Å²) >= 11 is 0. The summed E-state index contributed by atoms with van der Waals surface area (Å²) in [6.07, 6.45) is 5.00. The van der Waals surface area contributed by atoms with Crippen LogP contribution in [0.25, 0.3) is 11.0 Å². The maximum Gasteiger partial charge on any atom is 0.303 e. The Morgan fingerprint density at radius 2 is 2.38 bits per heavy atom. The minimum absolute atomic E-state index is 0.260. The van der Waals surface area contributed by atoms with Gasteiger partial charge >= 0.3 is 5.97 Å². The first-order chi connectivity index (χ1) is 11.4. The minimum Gasteiger partial charge on any atom is -0.455 e. The van der Waals surface area contributed by atoms with Gasteiger partial charge in [-0.2, -0.15) is 0 Å². The van der Waals surface area contributed by atoms with E-state index in [-0.39, 0.29) is 5.82 Å².